The molecule has 0 aliphatic carbocycles. The minimum atomic E-state index is -0.538. The number of ether oxygens (including phenoxy) is 2. The number of para-hydroxylation sites is 1. The summed E-state index contributed by atoms with van der Waals surface area (Å²) >= 11 is 0. The van der Waals surface area contributed by atoms with Crippen LogP contribution in [0.25, 0.3) is 0 Å². The summed E-state index contributed by atoms with van der Waals surface area (Å²) in [7, 11) is 0. The number of nitrogens with two attached hydrogens (primary N) is 1. The van der Waals surface area contributed by atoms with Crippen molar-refractivity contribution >= 4 is 11.8 Å². The molecule has 0 spiro atoms. The van der Waals surface area contributed by atoms with Gasteiger partial charge < -0.3 is 20.1 Å². The molecule has 1 fully saturated rings. The average molecular weight is 459 g/mol. The molecule has 6 heteroatoms. The Morgan fingerprint density at radius 3 is 2.44 bits per heavy atom. The van der Waals surface area contributed by atoms with E-state index in [0.29, 0.717) is 30.0 Å². The van der Waals surface area contributed by atoms with Crippen LogP contribution in [0, 0.1) is 13.8 Å². The first-order valence-electron chi connectivity index (χ1n) is 11.5. The molecule has 176 valence electrons. The number of primary amides is 1. The highest BCUT2D eigenvalue weighted by Gasteiger charge is 2.25. The van der Waals surface area contributed by atoms with Gasteiger partial charge in [0.15, 0.2) is 0 Å². The third-order valence-corrected chi connectivity index (χ3v) is 6.23. The standard InChI is InChI=1S/C28H30N2O4/c1-19-10-11-24(16-20(19)2)34-23-12-14-30(15-13-23)28(32)22-7-5-6-21(17-22)18-33-26-9-4-3-8-25(26)27(29)31/h3-11,16-17,23H,12-15,18H2,1-2H3,(H2,29,31). The van der Waals surface area contributed by atoms with E-state index in [9.17, 15) is 9.59 Å². The molecule has 0 unspecified atom stereocenters. The topological polar surface area (TPSA) is 81.9 Å². The van der Waals surface area contributed by atoms with Crippen molar-refractivity contribution in [2.24, 2.45) is 5.73 Å². The van der Waals surface area contributed by atoms with Gasteiger partial charge in [-0.25, -0.2) is 0 Å². The minimum Gasteiger partial charge on any atom is -0.490 e. The van der Waals surface area contributed by atoms with Gasteiger partial charge >= 0.3 is 0 Å². The summed E-state index contributed by atoms with van der Waals surface area (Å²) in [4.78, 5) is 26.6. The van der Waals surface area contributed by atoms with E-state index >= 15 is 0 Å². The van der Waals surface area contributed by atoms with Crippen LogP contribution in [0.4, 0.5) is 0 Å². The second-order valence-corrected chi connectivity index (χ2v) is 8.70. The summed E-state index contributed by atoms with van der Waals surface area (Å²) in [5, 5.41) is 0. The molecule has 0 radical (unpaired) electrons. The number of benzene rings is 3. The lowest BCUT2D eigenvalue weighted by Gasteiger charge is -2.32. The van der Waals surface area contributed by atoms with Gasteiger partial charge in [0.25, 0.3) is 11.8 Å². The number of carbonyl (C=O) groups is 2. The van der Waals surface area contributed by atoms with Crippen molar-refractivity contribution in [3.05, 3.63) is 94.5 Å². The Morgan fingerprint density at radius 1 is 0.941 bits per heavy atom. The van der Waals surface area contributed by atoms with Crippen LogP contribution in [-0.4, -0.2) is 35.9 Å². The average Bonchev–Trinajstić information content (AvgIpc) is 2.85. The molecule has 2 N–H and O–H groups in total. The Morgan fingerprint density at radius 2 is 1.71 bits per heavy atom. The molecule has 6 nitrogen and oxygen atoms in total. The largest absolute Gasteiger partial charge is 0.490 e. The van der Waals surface area contributed by atoms with E-state index in [1.165, 1.54) is 11.1 Å². The summed E-state index contributed by atoms with van der Waals surface area (Å²) in [6, 6.07) is 20.4. The quantitative estimate of drug-likeness (QED) is 0.558. The van der Waals surface area contributed by atoms with Crippen molar-refractivity contribution in [3.8, 4) is 11.5 Å². The number of carbonyl (C=O) groups excluding carboxylic acids is 2. The maximum Gasteiger partial charge on any atom is 0.253 e. The summed E-state index contributed by atoms with van der Waals surface area (Å²) in [5.41, 5.74) is 9.68. The first-order valence-corrected chi connectivity index (χ1v) is 11.5. The van der Waals surface area contributed by atoms with Crippen molar-refractivity contribution in [2.75, 3.05) is 13.1 Å². The van der Waals surface area contributed by atoms with Crippen LogP contribution < -0.4 is 15.2 Å². The number of nitrogens with zero attached hydrogens (tertiary/aromatic N) is 1. The number of hydrogen-bond donors (Lipinski definition) is 1. The minimum absolute atomic E-state index is 0.00372. The number of likely N-dealkylation sites (tertiary alicyclic amines) is 1. The van der Waals surface area contributed by atoms with Gasteiger partial charge in [0.05, 0.1) is 5.56 Å². The molecule has 1 aliphatic heterocycles. The summed E-state index contributed by atoms with van der Waals surface area (Å²) < 4.78 is 12.0. The fraction of sp³-hybridized carbons (Fsp3) is 0.286. The zero-order chi connectivity index (χ0) is 24.1. The van der Waals surface area contributed by atoms with Crippen LogP contribution in [-0.2, 0) is 6.61 Å². The van der Waals surface area contributed by atoms with E-state index in [2.05, 4.69) is 26.0 Å². The van der Waals surface area contributed by atoms with E-state index in [-0.39, 0.29) is 18.6 Å². The van der Waals surface area contributed by atoms with E-state index in [1.54, 1.807) is 24.3 Å². The summed E-state index contributed by atoms with van der Waals surface area (Å²) in [5.74, 6) is 0.782. The Balaban J connectivity index is 1.34. The Kier molecular flexibility index (Phi) is 7.16. The number of hydrogen-bond acceptors (Lipinski definition) is 4. The fourth-order valence-electron chi connectivity index (χ4n) is 4.09. The molecule has 0 atom stereocenters. The number of aryl methyl sites for hydroxylation is 2. The van der Waals surface area contributed by atoms with Gasteiger partial charge in [0.2, 0.25) is 0 Å². The van der Waals surface area contributed by atoms with Gasteiger partial charge in [-0.2, -0.15) is 0 Å². The highest BCUT2D eigenvalue weighted by atomic mass is 16.5. The zero-order valence-electron chi connectivity index (χ0n) is 19.6. The van der Waals surface area contributed by atoms with Gasteiger partial charge in [-0.3, -0.25) is 9.59 Å². The normalized spacial score (nSPS) is 14.0. The fourth-order valence-corrected chi connectivity index (χ4v) is 4.09. The number of piperidine rings is 1. The molecule has 1 saturated heterocycles. The first-order chi connectivity index (χ1) is 16.4. The highest BCUT2D eigenvalue weighted by molar-refractivity contribution is 5.95. The van der Waals surface area contributed by atoms with Gasteiger partial charge in [-0.15, -0.1) is 0 Å². The maximum absolute atomic E-state index is 13.1. The zero-order valence-corrected chi connectivity index (χ0v) is 19.6. The lowest BCUT2D eigenvalue weighted by atomic mass is 10.0. The lowest BCUT2D eigenvalue weighted by molar-refractivity contribution is 0.0595. The molecule has 3 aromatic rings. The lowest BCUT2D eigenvalue weighted by Crippen LogP contribution is -2.41. The molecular weight excluding hydrogens is 428 g/mol. The smallest absolute Gasteiger partial charge is 0.253 e. The van der Waals surface area contributed by atoms with Crippen LogP contribution in [0.1, 0.15) is 50.2 Å². The molecule has 2 amide bonds. The third-order valence-electron chi connectivity index (χ3n) is 6.23. The summed E-state index contributed by atoms with van der Waals surface area (Å²) in [6.45, 7) is 5.71. The van der Waals surface area contributed by atoms with Crippen LogP contribution in [0.5, 0.6) is 11.5 Å². The van der Waals surface area contributed by atoms with Crippen LogP contribution in [0.2, 0.25) is 0 Å². The Hall–Kier alpha value is -3.80. The molecule has 0 bridgehead atoms. The molecular formula is C28H30N2O4. The van der Waals surface area contributed by atoms with Gasteiger partial charge in [0, 0.05) is 31.5 Å². The molecule has 0 saturated carbocycles. The van der Waals surface area contributed by atoms with Crippen molar-refractivity contribution in [2.45, 2.75) is 39.4 Å². The molecule has 3 aromatic carbocycles. The monoisotopic (exact) mass is 458 g/mol. The highest BCUT2D eigenvalue weighted by Crippen LogP contribution is 2.23. The molecule has 34 heavy (non-hydrogen) atoms. The van der Waals surface area contributed by atoms with Crippen molar-refractivity contribution in [3.63, 3.8) is 0 Å². The summed E-state index contributed by atoms with van der Waals surface area (Å²) in [6.07, 6.45) is 1.70. The predicted molar refractivity (Wildman–Crippen MR) is 131 cm³/mol. The van der Waals surface area contributed by atoms with Crippen LogP contribution in [0.3, 0.4) is 0 Å². The van der Waals surface area contributed by atoms with E-state index in [0.717, 1.165) is 24.2 Å². The van der Waals surface area contributed by atoms with Crippen molar-refractivity contribution < 1.29 is 19.1 Å². The van der Waals surface area contributed by atoms with Gasteiger partial charge in [-0.1, -0.05) is 30.3 Å². The molecule has 4 rings (SSSR count). The molecule has 1 aliphatic rings. The second kappa shape index (κ2) is 10.4. The number of amides is 2. The van der Waals surface area contributed by atoms with Crippen molar-refractivity contribution in [1.29, 1.82) is 0 Å². The van der Waals surface area contributed by atoms with E-state index in [4.69, 9.17) is 15.2 Å². The van der Waals surface area contributed by atoms with E-state index in [1.807, 2.05) is 35.2 Å². The van der Waals surface area contributed by atoms with Crippen LogP contribution >= 0.6 is 0 Å². The third kappa shape index (κ3) is 5.57. The SMILES string of the molecule is Cc1ccc(OC2CCN(C(=O)c3cccc(COc4ccccc4C(N)=O)c3)CC2)cc1C. The number of rotatable bonds is 7. The Bertz CT molecular complexity index is 1180. The van der Waals surface area contributed by atoms with E-state index < -0.39 is 5.91 Å². The van der Waals surface area contributed by atoms with Crippen molar-refractivity contribution in [1.82, 2.24) is 4.90 Å². The second-order valence-electron chi connectivity index (χ2n) is 8.70. The predicted octanol–water partition coefficient (Wildman–Crippen LogP) is 4.66. The Labute approximate surface area is 200 Å². The molecule has 1 heterocycles. The van der Waals surface area contributed by atoms with Gasteiger partial charge in [-0.05, 0) is 66.9 Å². The van der Waals surface area contributed by atoms with Crippen LogP contribution in [0.15, 0.2) is 66.7 Å². The van der Waals surface area contributed by atoms with Gasteiger partial charge in [0.1, 0.15) is 24.2 Å². The first kappa shape index (κ1) is 23.4. The maximum atomic E-state index is 13.1. The molecule has 0 aromatic heterocycles.